The van der Waals surface area contributed by atoms with E-state index in [-0.39, 0.29) is 6.04 Å². The van der Waals surface area contributed by atoms with Gasteiger partial charge in [0.25, 0.3) is 0 Å². The van der Waals surface area contributed by atoms with Gasteiger partial charge in [-0.3, -0.25) is 0 Å². The minimum absolute atomic E-state index is 0.266. The van der Waals surface area contributed by atoms with Gasteiger partial charge in [-0.15, -0.1) is 0 Å². The van der Waals surface area contributed by atoms with Crippen molar-refractivity contribution in [3.8, 4) is 5.82 Å². The highest BCUT2D eigenvalue weighted by atomic mass is 15.3. The molecule has 0 aromatic carbocycles. The van der Waals surface area contributed by atoms with Gasteiger partial charge in [0.1, 0.15) is 0 Å². The van der Waals surface area contributed by atoms with Crippen LogP contribution in [0.5, 0.6) is 0 Å². The second-order valence-corrected chi connectivity index (χ2v) is 5.51. The highest BCUT2D eigenvalue weighted by Crippen LogP contribution is 2.23. The summed E-state index contributed by atoms with van der Waals surface area (Å²) in [5.41, 5.74) is 4.80. The van der Waals surface area contributed by atoms with Gasteiger partial charge >= 0.3 is 0 Å². The van der Waals surface area contributed by atoms with E-state index in [1.807, 2.05) is 16.9 Å². The van der Waals surface area contributed by atoms with E-state index in [0.717, 1.165) is 30.9 Å². The predicted molar refractivity (Wildman–Crippen MR) is 86.9 cm³/mol. The minimum Gasteiger partial charge on any atom is -0.310 e. The number of hydrogen-bond acceptors (Lipinski definition) is 3. The molecular weight excluding hydrogens is 260 g/mol. The van der Waals surface area contributed by atoms with Crippen molar-refractivity contribution in [3.05, 3.63) is 40.8 Å². The molecule has 4 heteroatoms. The third-order valence-corrected chi connectivity index (χ3v) is 3.98. The summed E-state index contributed by atoms with van der Waals surface area (Å²) >= 11 is 0. The minimum atomic E-state index is 0.266. The lowest BCUT2D eigenvalue weighted by atomic mass is 10.1. The molecule has 0 saturated carbocycles. The van der Waals surface area contributed by atoms with E-state index in [2.05, 4.69) is 51.0 Å². The van der Waals surface area contributed by atoms with Crippen LogP contribution in [0.25, 0.3) is 5.82 Å². The highest BCUT2D eigenvalue weighted by Gasteiger charge is 2.17. The van der Waals surface area contributed by atoms with E-state index in [9.17, 15) is 0 Å². The molecule has 0 aliphatic carbocycles. The molecule has 2 heterocycles. The van der Waals surface area contributed by atoms with Gasteiger partial charge in [0.15, 0.2) is 5.82 Å². The Balaban J connectivity index is 2.45. The first-order valence-corrected chi connectivity index (χ1v) is 7.83. The molecule has 0 spiro atoms. The Morgan fingerprint density at radius 1 is 1.29 bits per heavy atom. The number of pyridine rings is 1. The van der Waals surface area contributed by atoms with Crippen molar-refractivity contribution in [1.82, 2.24) is 20.1 Å². The first-order valence-electron chi connectivity index (χ1n) is 7.83. The van der Waals surface area contributed by atoms with Crippen LogP contribution in [0.2, 0.25) is 0 Å². The molecule has 2 aromatic rings. The summed E-state index contributed by atoms with van der Waals surface area (Å²) in [6.45, 7) is 11.7. The van der Waals surface area contributed by atoms with E-state index in [1.165, 1.54) is 16.8 Å². The van der Waals surface area contributed by atoms with Crippen molar-refractivity contribution in [2.45, 2.75) is 53.5 Å². The van der Waals surface area contributed by atoms with E-state index in [1.54, 1.807) is 0 Å². The average molecular weight is 286 g/mol. The second-order valence-electron chi connectivity index (χ2n) is 5.51. The normalized spacial score (nSPS) is 12.6. The molecule has 1 atom stereocenters. The monoisotopic (exact) mass is 286 g/mol. The Kier molecular flexibility index (Phi) is 5.12. The number of nitrogens with zero attached hydrogens (tertiary/aromatic N) is 3. The third kappa shape index (κ3) is 3.16. The van der Waals surface area contributed by atoms with Gasteiger partial charge in [-0.05, 0) is 51.8 Å². The summed E-state index contributed by atoms with van der Waals surface area (Å²) in [5.74, 6) is 0.939. The maximum atomic E-state index is 4.70. The van der Waals surface area contributed by atoms with Gasteiger partial charge in [-0.25, -0.2) is 9.67 Å². The Bertz CT molecular complexity index is 601. The molecule has 2 rings (SSSR count). The summed E-state index contributed by atoms with van der Waals surface area (Å²) in [6, 6.07) is 4.40. The summed E-state index contributed by atoms with van der Waals surface area (Å²) < 4.78 is 1.99. The van der Waals surface area contributed by atoms with Crippen LogP contribution in [-0.4, -0.2) is 21.3 Å². The lowest BCUT2D eigenvalue weighted by Crippen LogP contribution is -2.21. The third-order valence-electron chi connectivity index (χ3n) is 3.98. The Morgan fingerprint density at radius 2 is 2.05 bits per heavy atom. The van der Waals surface area contributed by atoms with Crippen LogP contribution in [0.15, 0.2) is 18.3 Å². The molecule has 0 bridgehead atoms. The van der Waals surface area contributed by atoms with E-state index >= 15 is 0 Å². The molecule has 2 aromatic heterocycles. The molecule has 1 unspecified atom stereocenters. The fourth-order valence-corrected chi connectivity index (χ4v) is 2.79. The number of rotatable bonds is 6. The quantitative estimate of drug-likeness (QED) is 0.883. The molecule has 0 amide bonds. The predicted octanol–water partition coefficient (Wildman–Crippen LogP) is 3.51. The van der Waals surface area contributed by atoms with Crippen LogP contribution in [0.1, 0.15) is 55.7 Å². The van der Waals surface area contributed by atoms with Crippen LogP contribution in [0, 0.1) is 13.8 Å². The zero-order chi connectivity index (χ0) is 15.4. The van der Waals surface area contributed by atoms with Crippen LogP contribution in [0.3, 0.4) is 0 Å². The topological polar surface area (TPSA) is 42.7 Å². The lowest BCUT2D eigenvalue weighted by Gasteiger charge is -2.17. The molecule has 0 aliphatic heterocycles. The largest absolute Gasteiger partial charge is 0.310 e. The standard InChI is InChI=1S/C17H26N4/c1-6-10-18-12(3)16-9-8-11-19-17(16)21-14(5)15(7-2)13(4)20-21/h8-9,11-12,18H,6-7,10H2,1-5H3. The Morgan fingerprint density at radius 3 is 2.67 bits per heavy atom. The van der Waals surface area contributed by atoms with E-state index in [0.29, 0.717) is 0 Å². The summed E-state index contributed by atoms with van der Waals surface area (Å²) in [6.07, 6.45) is 3.97. The molecule has 0 aliphatic rings. The van der Waals surface area contributed by atoms with Gasteiger partial charge in [-0.1, -0.05) is 19.9 Å². The molecule has 0 fully saturated rings. The summed E-state index contributed by atoms with van der Waals surface area (Å²) in [7, 11) is 0. The zero-order valence-corrected chi connectivity index (χ0v) is 13.8. The van der Waals surface area contributed by atoms with Crippen molar-refractivity contribution in [2.75, 3.05) is 6.54 Å². The maximum absolute atomic E-state index is 4.70. The van der Waals surface area contributed by atoms with Crippen LogP contribution in [-0.2, 0) is 6.42 Å². The molecule has 21 heavy (non-hydrogen) atoms. The van der Waals surface area contributed by atoms with Crippen molar-refractivity contribution >= 4 is 0 Å². The number of nitrogens with one attached hydrogen (secondary N) is 1. The Labute approximate surface area is 127 Å². The van der Waals surface area contributed by atoms with Crippen molar-refractivity contribution in [3.63, 3.8) is 0 Å². The molecular formula is C17H26N4. The maximum Gasteiger partial charge on any atom is 0.158 e. The van der Waals surface area contributed by atoms with Crippen molar-refractivity contribution in [2.24, 2.45) is 0 Å². The molecule has 1 N–H and O–H groups in total. The fraction of sp³-hybridized carbons (Fsp3) is 0.529. The number of hydrogen-bond donors (Lipinski definition) is 1. The second kappa shape index (κ2) is 6.85. The van der Waals surface area contributed by atoms with Crippen molar-refractivity contribution in [1.29, 1.82) is 0 Å². The smallest absolute Gasteiger partial charge is 0.158 e. The van der Waals surface area contributed by atoms with Gasteiger partial charge < -0.3 is 5.32 Å². The number of aromatic nitrogens is 3. The summed E-state index contributed by atoms with van der Waals surface area (Å²) in [4.78, 5) is 4.59. The van der Waals surface area contributed by atoms with Crippen LogP contribution >= 0.6 is 0 Å². The van der Waals surface area contributed by atoms with Gasteiger partial charge in [0, 0.05) is 23.5 Å². The van der Waals surface area contributed by atoms with E-state index in [4.69, 9.17) is 5.10 Å². The van der Waals surface area contributed by atoms with Gasteiger partial charge in [-0.2, -0.15) is 5.10 Å². The SMILES string of the molecule is CCCNC(C)c1cccnc1-n1nc(C)c(CC)c1C. The first-order chi connectivity index (χ1) is 10.1. The van der Waals surface area contributed by atoms with Gasteiger partial charge in [0.05, 0.1) is 5.69 Å². The molecule has 0 radical (unpaired) electrons. The van der Waals surface area contributed by atoms with Crippen LogP contribution < -0.4 is 5.32 Å². The van der Waals surface area contributed by atoms with Crippen molar-refractivity contribution < 1.29 is 0 Å². The van der Waals surface area contributed by atoms with E-state index < -0.39 is 0 Å². The molecule has 114 valence electrons. The van der Waals surface area contributed by atoms with Gasteiger partial charge in [0.2, 0.25) is 0 Å². The fourth-order valence-electron chi connectivity index (χ4n) is 2.79. The zero-order valence-electron chi connectivity index (χ0n) is 13.8. The van der Waals surface area contributed by atoms with Crippen LogP contribution in [0.4, 0.5) is 0 Å². The Hall–Kier alpha value is -1.68. The summed E-state index contributed by atoms with van der Waals surface area (Å²) in [5, 5.41) is 8.23. The molecule has 4 nitrogen and oxygen atoms in total. The highest BCUT2D eigenvalue weighted by molar-refractivity contribution is 5.39. The first kappa shape index (κ1) is 15.7. The molecule has 0 saturated heterocycles. The average Bonchev–Trinajstić information content (AvgIpc) is 2.79. The lowest BCUT2D eigenvalue weighted by molar-refractivity contribution is 0.563. The number of aryl methyl sites for hydroxylation is 1.